The Balaban J connectivity index is 1.60. The van der Waals surface area contributed by atoms with Gasteiger partial charge in [0, 0.05) is 30.3 Å². The molecule has 0 aliphatic rings. The lowest BCUT2D eigenvalue weighted by atomic mass is 9.98. The number of carbonyl (C=O) groups is 3. The quantitative estimate of drug-likeness (QED) is 0.121. The molecule has 0 spiro atoms. The summed E-state index contributed by atoms with van der Waals surface area (Å²) in [5.41, 5.74) is 12.2. The molecule has 3 atom stereocenters. The monoisotopic (exact) mass is 656 g/mol. The first kappa shape index (κ1) is 35.9. The minimum Gasteiger partial charge on any atom is -0.478 e. The van der Waals surface area contributed by atoms with Crippen molar-refractivity contribution < 1.29 is 19.5 Å². The van der Waals surface area contributed by atoms with Crippen molar-refractivity contribution in [3.63, 3.8) is 0 Å². The number of nitrogens with zero attached hydrogens (tertiary/aromatic N) is 2. The van der Waals surface area contributed by atoms with Crippen molar-refractivity contribution in [1.82, 2.24) is 14.9 Å². The van der Waals surface area contributed by atoms with Gasteiger partial charge in [-0.3, -0.25) is 9.59 Å². The van der Waals surface area contributed by atoms with E-state index in [0.717, 1.165) is 59.2 Å². The van der Waals surface area contributed by atoms with Gasteiger partial charge in [0.1, 0.15) is 5.82 Å². The average Bonchev–Trinajstić information content (AvgIpc) is 3.39. The smallest absolute Gasteiger partial charge is 0.336 e. The molecule has 3 aromatic carbocycles. The van der Waals surface area contributed by atoms with Crippen LogP contribution in [-0.2, 0) is 17.8 Å². The normalized spacial score (nSPS) is 13.4. The summed E-state index contributed by atoms with van der Waals surface area (Å²) < 4.78 is 2.18. The highest BCUT2D eigenvalue weighted by Crippen LogP contribution is 2.27. The first-order chi connectivity index (χ1) is 22.4. The highest BCUT2D eigenvalue weighted by Gasteiger charge is 2.24. The summed E-state index contributed by atoms with van der Waals surface area (Å²) >= 11 is 1.21. The molecule has 9 heteroatoms. The van der Waals surface area contributed by atoms with Gasteiger partial charge in [0.15, 0.2) is 0 Å². The van der Waals surface area contributed by atoms with Gasteiger partial charge in [-0.25, -0.2) is 9.78 Å². The number of nitrogens with two attached hydrogens (primary N) is 1. The van der Waals surface area contributed by atoms with Crippen LogP contribution in [0.5, 0.6) is 0 Å². The summed E-state index contributed by atoms with van der Waals surface area (Å²) in [6.07, 6.45) is 3.30. The molecule has 250 valence electrons. The minimum absolute atomic E-state index is 0.0360. The Hall–Kier alpha value is -3.95. The van der Waals surface area contributed by atoms with Gasteiger partial charge in [-0.05, 0) is 72.1 Å². The number of thioether (sulfide) groups is 1. The Morgan fingerprint density at radius 1 is 1.02 bits per heavy atom. The fourth-order valence-electron chi connectivity index (χ4n) is 5.83. The lowest BCUT2D eigenvalue weighted by Crippen LogP contribution is -2.40. The number of carbonyl (C=O) groups excluding carboxylic acids is 2. The molecule has 0 saturated carbocycles. The first-order valence-electron chi connectivity index (χ1n) is 16.6. The van der Waals surface area contributed by atoms with Crippen molar-refractivity contribution in [2.45, 2.75) is 85.9 Å². The van der Waals surface area contributed by atoms with Gasteiger partial charge < -0.3 is 20.7 Å². The Bertz CT molecular complexity index is 1710. The second kappa shape index (κ2) is 16.2. The van der Waals surface area contributed by atoms with E-state index in [0.29, 0.717) is 29.3 Å². The van der Waals surface area contributed by atoms with Crippen LogP contribution in [-0.4, -0.2) is 49.5 Å². The maximum atomic E-state index is 13.7. The van der Waals surface area contributed by atoms with Crippen LogP contribution in [0.15, 0.2) is 60.7 Å². The molecular formula is C38H48N4O4S. The summed E-state index contributed by atoms with van der Waals surface area (Å²) in [6.45, 7) is 12.9. The average molecular weight is 657 g/mol. The lowest BCUT2D eigenvalue weighted by Gasteiger charge is -2.22. The number of nitrogens with one attached hydrogen (secondary N) is 1. The number of carboxylic acids is 1. The summed E-state index contributed by atoms with van der Waals surface area (Å²) in [5, 5.41) is 12.8. The molecule has 1 amide bonds. The number of aromatic carboxylic acids is 1. The van der Waals surface area contributed by atoms with Gasteiger partial charge in [-0.1, -0.05) is 95.3 Å². The van der Waals surface area contributed by atoms with Crippen LogP contribution >= 0.6 is 11.8 Å². The van der Waals surface area contributed by atoms with Gasteiger partial charge >= 0.3 is 5.97 Å². The second-order valence-corrected chi connectivity index (χ2v) is 13.9. The van der Waals surface area contributed by atoms with Crippen LogP contribution in [0, 0.1) is 18.8 Å². The van der Waals surface area contributed by atoms with E-state index in [-0.39, 0.29) is 28.5 Å². The number of hydrogen-bond donors (Lipinski definition) is 3. The van der Waals surface area contributed by atoms with E-state index in [9.17, 15) is 19.5 Å². The number of carboxylic acid groups (broad SMARTS) is 1. The van der Waals surface area contributed by atoms with Gasteiger partial charge in [-0.15, -0.1) is 0 Å². The molecule has 1 aromatic heterocycles. The predicted octanol–water partition coefficient (Wildman–Crippen LogP) is 7.49. The topological polar surface area (TPSA) is 127 Å². The Labute approximate surface area is 282 Å². The molecule has 4 N–H and O–H groups in total. The highest BCUT2D eigenvalue weighted by molar-refractivity contribution is 8.13. The number of hydrogen-bond acceptors (Lipinski definition) is 6. The van der Waals surface area contributed by atoms with Gasteiger partial charge in [0.05, 0.1) is 22.6 Å². The Morgan fingerprint density at radius 2 is 1.72 bits per heavy atom. The van der Waals surface area contributed by atoms with Gasteiger partial charge in [0.2, 0.25) is 5.12 Å². The third-order valence-corrected chi connectivity index (χ3v) is 9.80. The molecular weight excluding hydrogens is 609 g/mol. The van der Waals surface area contributed by atoms with Crippen LogP contribution in [0.3, 0.4) is 0 Å². The van der Waals surface area contributed by atoms with Crippen LogP contribution in [0.2, 0.25) is 0 Å². The van der Waals surface area contributed by atoms with E-state index < -0.39 is 12.0 Å². The third-order valence-electron chi connectivity index (χ3n) is 8.67. The number of aryl methyl sites for hydroxylation is 2. The number of rotatable bonds is 15. The maximum absolute atomic E-state index is 13.7. The van der Waals surface area contributed by atoms with Gasteiger partial charge in [-0.2, -0.15) is 0 Å². The molecule has 0 fully saturated rings. The fraction of sp³-hybridized carbons (Fsp3) is 0.421. The molecule has 1 heterocycles. The molecule has 0 aliphatic heterocycles. The van der Waals surface area contributed by atoms with E-state index in [2.05, 4.69) is 30.7 Å². The van der Waals surface area contributed by atoms with Crippen molar-refractivity contribution in [2.24, 2.45) is 17.6 Å². The molecule has 0 aliphatic carbocycles. The number of amides is 1. The van der Waals surface area contributed by atoms with Crippen molar-refractivity contribution in [1.29, 1.82) is 0 Å². The van der Waals surface area contributed by atoms with E-state index in [4.69, 9.17) is 10.7 Å². The van der Waals surface area contributed by atoms with E-state index in [1.807, 2.05) is 69.3 Å². The molecule has 4 rings (SSSR count). The first-order valence-corrected chi connectivity index (χ1v) is 17.6. The summed E-state index contributed by atoms with van der Waals surface area (Å²) in [4.78, 5) is 43.2. The number of benzene rings is 3. The fourth-order valence-corrected chi connectivity index (χ4v) is 6.84. The zero-order valence-corrected chi connectivity index (χ0v) is 29.2. The summed E-state index contributed by atoms with van der Waals surface area (Å²) in [6, 6.07) is 18.1. The van der Waals surface area contributed by atoms with E-state index in [1.165, 1.54) is 11.8 Å². The molecule has 8 nitrogen and oxygen atoms in total. The van der Waals surface area contributed by atoms with Crippen molar-refractivity contribution >= 4 is 39.8 Å². The molecule has 47 heavy (non-hydrogen) atoms. The van der Waals surface area contributed by atoms with Crippen LogP contribution in [0.4, 0.5) is 0 Å². The van der Waals surface area contributed by atoms with Crippen LogP contribution in [0.25, 0.3) is 22.2 Å². The minimum atomic E-state index is -0.956. The summed E-state index contributed by atoms with van der Waals surface area (Å²) in [5.74, 6) is 0.740. The van der Waals surface area contributed by atoms with Crippen LogP contribution in [0.1, 0.15) is 91.5 Å². The van der Waals surface area contributed by atoms with Crippen molar-refractivity contribution in [3.05, 3.63) is 88.7 Å². The lowest BCUT2D eigenvalue weighted by molar-refractivity contribution is -0.113. The zero-order valence-electron chi connectivity index (χ0n) is 28.4. The van der Waals surface area contributed by atoms with E-state index >= 15 is 0 Å². The number of fused-ring (bicyclic) bond motifs is 1. The molecule has 0 bridgehead atoms. The Morgan fingerprint density at radius 3 is 2.36 bits per heavy atom. The van der Waals surface area contributed by atoms with Gasteiger partial charge in [0.25, 0.3) is 5.91 Å². The molecule has 0 saturated heterocycles. The van der Waals surface area contributed by atoms with Crippen molar-refractivity contribution in [2.75, 3.05) is 5.75 Å². The molecule has 0 radical (unpaired) electrons. The third kappa shape index (κ3) is 8.90. The van der Waals surface area contributed by atoms with E-state index in [1.54, 1.807) is 12.1 Å². The van der Waals surface area contributed by atoms with Crippen LogP contribution < -0.4 is 11.1 Å². The summed E-state index contributed by atoms with van der Waals surface area (Å²) in [7, 11) is 0. The predicted molar refractivity (Wildman–Crippen MR) is 192 cm³/mol. The SMILES string of the molecule is CCCc1nc2c(C)cc(C(=O)N[C@@H](CSC(=O)[C@@H](N)C(C)CC)CC(C)C)cc2n1Cc1ccc(-c2ccccc2C(=O)O)cc1. The molecule has 1 unspecified atom stereocenters. The number of imidazole rings is 1. The number of aromatic nitrogens is 2. The Kier molecular flexibility index (Phi) is 12.4. The van der Waals surface area contributed by atoms with Crippen molar-refractivity contribution in [3.8, 4) is 11.1 Å². The maximum Gasteiger partial charge on any atom is 0.336 e. The second-order valence-electron chi connectivity index (χ2n) is 12.9. The highest BCUT2D eigenvalue weighted by atomic mass is 32.2. The largest absolute Gasteiger partial charge is 0.478 e. The molecule has 4 aromatic rings. The zero-order chi connectivity index (χ0) is 34.2. The standard InChI is InChI=1S/C38H48N4O4S/c1-7-11-33-41-35-25(6)19-28(36(43)40-29(18-23(3)4)22-47-38(46)34(39)24(5)8-2)20-32(35)42(33)21-26-14-16-27(17-15-26)30-12-9-10-13-31(30)37(44)45/h9-10,12-17,19-20,23-24,29,34H,7-8,11,18,21-22,39H2,1-6H3,(H,40,43)(H,44,45)/t24?,29-,34+/m1/s1.